The number of anilines is 1. The summed E-state index contributed by atoms with van der Waals surface area (Å²) in [4.78, 5) is 13.1. The molecule has 0 bridgehead atoms. The van der Waals surface area contributed by atoms with E-state index in [0.717, 1.165) is 12.8 Å². The molecule has 1 heterocycles. The Balaban J connectivity index is 1.79. The number of carbonyl (C=O) groups is 1. The highest BCUT2D eigenvalue weighted by Gasteiger charge is 2.03. The zero-order valence-corrected chi connectivity index (χ0v) is 11.2. The number of hydrogen-bond donors (Lipinski definition) is 1. The highest BCUT2D eigenvalue weighted by Crippen LogP contribution is 2.13. The monoisotopic (exact) mass is 270 g/mol. The Kier molecular flexibility index (Phi) is 4.71. The Labute approximate surface area is 116 Å². The van der Waals surface area contributed by atoms with Gasteiger partial charge in [-0.2, -0.15) is 5.26 Å². The van der Waals surface area contributed by atoms with Gasteiger partial charge in [0.05, 0.1) is 11.6 Å². The van der Waals surface area contributed by atoms with Gasteiger partial charge in [0.2, 0.25) is 5.91 Å². The Bertz CT molecular complexity index is 584. The number of thiophene rings is 1. The van der Waals surface area contributed by atoms with Crippen molar-refractivity contribution in [2.24, 2.45) is 0 Å². The molecule has 0 fully saturated rings. The van der Waals surface area contributed by atoms with Gasteiger partial charge < -0.3 is 5.32 Å². The van der Waals surface area contributed by atoms with Gasteiger partial charge in [0.1, 0.15) is 0 Å². The van der Waals surface area contributed by atoms with Crippen LogP contribution in [0.4, 0.5) is 5.69 Å². The van der Waals surface area contributed by atoms with E-state index in [2.05, 4.69) is 17.5 Å². The van der Waals surface area contributed by atoms with Crippen LogP contribution in [0.5, 0.6) is 0 Å². The van der Waals surface area contributed by atoms with Crippen molar-refractivity contribution in [2.75, 3.05) is 5.32 Å². The van der Waals surface area contributed by atoms with Gasteiger partial charge in [-0.15, -0.1) is 11.3 Å². The minimum atomic E-state index is -0.00774. The first-order chi connectivity index (χ1) is 9.28. The van der Waals surface area contributed by atoms with Crippen LogP contribution in [-0.2, 0) is 11.2 Å². The van der Waals surface area contributed by atoms with Crippen molar-refractivity contribution < 1.29 is 4.79 Å². The summed E-state index contributed by atoms with van der Waals surface area (Å²) in [5, 5.41) is 13.6. The third-order valence-corrected chi connectivity index (χ3v) is 3.62. The Morgan fingerprint density at radius 1 is 1.32 bits per heavy atom. The fraction of sp³-hybridized carbons (Fsp3) is 0.200. The molecular formula is C15H14N2OS. The molecule has 1 amide bonds. The molecule has 0 radical (unpaired) electrons. The Morgan fingerprint density at radius 3 is 2.95 bits per heavy atom. The van der Waals surface area contributed by atoms with E-state index in [1.165, 1.54) is 4.88 Å². The summed E-state index contributed by atoms with van der Waals surface area (Å²) in [6.45, 7) is 0. The second kappa shape index (κ2) is 6.72. The van der Waals surface area contributed by atoms with Crippen LogP contribution in [0.2, 0.25) is 0 Å². The smallest absolute Gasteiger partial charge is 0.224 e. The maximum atomic E-state index is 11.7. The third kappa shape index (κ3) is 4.23. The van der Waals surface area contributed by atoms with Crippen molar-refractivity contribution in [1.82, 2.24) is 0 Å². The highest BCUT2D eigenvalue weighted by atomic mass is 32.1. The van der Waals surface area contributed by atoms with Crippen LogP contribution >= 0.6 is 11.3 Å². The molecule has 0 atom stereocenters. The van der Waals surface area contributed by atoms with Crippen molar-refractivity contribution in [3.63, 3.8) is 0 Å². The Morgan fingerprint density at radius 2 is 2.21 bits per heavy atom. The van der Waals surface area contributed by atoms with Crippen LogP contribution in [0.15, 0.2) is 41.8 Å². The van der Waals surface area contributed by atoms with E-state index < -0.39 is 0 Å². The number of aryl methyl sites for hydroxylation is 1. The van der Waals surface area contributed by atoms with E-state index in [-0.39, 0.29) is 5.91 Å². The van der Waals surface area contributed by atoms with Gasteiger partial charge in [0.25, 0.3) is 0 Å². The van der Waals surface area contributed by atoms with Crippen LogP contribution in [0.25, 0.3) is 0 Å². The number of benzene rings is 1. The van der Waals surface area contributed by atoms with Crippen molar-refractivity contribution >= 4 is 22.9 Å². The fourth-order valence-electron chi connectivity index (χ4n) is 1.77. The molecule has 0 saturated carbocycles. The molecule has 1 N–H and O–H groups in total. The molecule has 1 aromatic heterocycles. The second-order valence-electron chi connectivity index (χ2n) is 4.17. The second-order valence-corrected chi connectivity index (χ2v) is 5.21. The lowest BCUT2D eigenvalue weighted by atomic mass is 10.2. The normalized spacial score (nSPS) is 9.84. The highest BCUT2D eigenvalue weighted by molar-refractivity contribution is 7.09. The van der Waals surface area contributed by atoms with Crippen LogP contribution < -0.4 is 5.32 Å². The summed E-state index contributed by atoms with van der Waals surface area (Å²) < 4.78 is 0. The van der Waals surface area contributed by atoms with E-state index >= 15 is 0 Å². The van der Waals surface area contributed by atoms with Gasteiger partial charge in [0, 0.05) is 17.0 Å². The topological polar surface area (TPSA) is 52.9 Å². The van der Waals surface area contributed by atoms with Gasteiger partial charge in [-0.1, -0.05) is 12.1 Å². The minimum Gasteiger partial charge on any atom is -0.326 e. The van der Waals surface area contributed by atoms with E-state index in [1.54, 1.807) is 35.6 Å². The molecule has 2 aromatic rings. The molecule has 0 aliphatic rings. The van der Waals surface area contributed by atoms with Gasteiger partial charge >= 0.3 is 0 Å². The zero-order valence-electron chi connectivity index (χ0n) is 10.4. The molecule has 0 saturated heterocycles. The molecule has 0 aliphatic heterocycles. The zero-order chi connectivity index (χ0) is 13.5. The lowest BCUT2D eigenvalue weighted by molar-refractivity contribution is -0.116. The first kappa shape index (κ1) is 13.3. The van der Waals surface area contributed by atoms with E-state index in [4.69, 9.17) is 5.26 Å². The molecule has 0 spiro atoms. The number of rotatable bonds is 5. The summed E-state index contributed by atoms with van der Waals surface area (Å²) >= 11 is 1.72. The molecule has 3 nitrogen and oxygen atoms in total. The predicted octanol–water partition coefficient (Wildman–Crippen LogP) is 3.58. The summed E-state index contributed by atoms with van der Waals surface area (Å²) in [7, 11) is 0. The number of nitrogens with zero attached hydrogens (tertiary/aromatic N) is 1. The van der Waals surface area contributed by atoms with Crippen LogP contribution in [0.3, 0.4) is 0 Å². The lowest BCUT2D eigenvalue weighted by Gasteiger charge is -2.05. The van der Waals surface area contributed by atoms with E-state index in [9.17, 15) is 4.79 Å². The summed E-state index contributed by atoms with van der Waals surface area (Å²) in [5.74, 6) is -0.00774. The average Bonchev–Trinajstić information content (AvgIpc) is 2.92. The maximum Gasteiger partial charge on any atom is 0.224 e. The molecular weight excluding hydrogens is 256 g/mol. The summed E-state index contributed by atoms with van der Waals surface area (Å²) in [6, 6.07) is 13.1. The number of nitrogens with one attached hydrogen (secondary N) is 1. The molecule has 1 aromatic carbocycles. The molecule has 96 valence electrons. The largest absolute Gasteiger partial charge is 0.326 e. The standard InChI is InChI=1S/C15H14N2OS/c16-11-12-4-1-5-13(10-12)17-15(18)8-2-6-14-7-3-9-19-14/h1,3-5,7,9-10H,2,6,8H2,(H,17,18). The Hall–Kier alpha value is -2.12. The molecule has 19 heavy (non-hydrogen) atoms. The van der Waals surface area contributed by atoms with Crippen LogP contribution in [-0.4, -0.2) is 5.91 Å². The van der Waals surface area contributed by atoms with Gasteiger partial charge in [-0.05, 0) is 42.5 Å². The van der Waals surface area contributed by atoms with E-state index in [1.807, 2.05) is 11.4 Å². The number of nitriles is 1. The number of carbonyl (C=O) groups excluding carboxylic acids is 1. The molecule has 0 aliphatic carbocycles. The minimum absolute atomic E-state index is 0.00774. The molecule has 2 rings (SSSR count). The van der Waals surface area contributed by atoms with Gasteiger partial charge in [0.15, 0.2) is 0 Å². The number of amides is 1. The van der Waals surface area contributed by atoms with Crippen LogP contribution in [0, 0.1) is 11.3 Å². The van der Waals surface area contributed by atoms with Gasteiger partial charge in [-0.3, -0.25) is 4.79 Å². The summed E-state index contributed by atoms with van der Waals surface area (Å²) in [6.07, 6.45) is 2.27. The molecule has 0 unspecified atom stereocenters. The summed E-state index contributed by atoms with van der Waals surface area (Å²) in [5.41, 5.74) is 1.23. The van der Waals surface area contributed by atoms with Crippen molar-refractivity contribution in [3.05, 3.63) is 52.2 Å². The van der Waals surface area contributed by atoms with Gasteiger partial charge in [-0.25, -0.2) is 0 Å². The van der Waals surface area contributed by atoms with Crippen molar-refractivity contribution in [3.8, 4) is 6.07 Å². The maximum absolute atomic E-state index is 11.7. The number of hydrogen-bond acceptors (Lipinski definition) is 3. The van der Waals surface area contributed by atoms with Crippen LogP contribution in [0.1, 0.15) is 23.3 Å². The lowest BCUT2D eigenvalue weighted by Crippen LogP contribution is -2.11. The quantitative estimate of drug-likeness (QED) is 0.902. The third-order valence-electron chi connectivity index (χ3n) is 2.68. The van der Waals surface area contributed by atoms with Crippen molar-refractivity contribution in [2.45, 2.75) is 19.3 Å². The van der Waals surface area contributed by atoms with E-state index in [0.29, 0.717) is 17.7 Å². The first-order valence-corrected chi connectivity index (χ1v) is 6.98. The predicted molar refractivity (Wildman–Crippen MR) is 77.0 cm³/mol. The SMILES string of the molecule is N#Cc1cccc(NC(=O)CCCc2cccs2)c1. The first-order valence-electron chi connectivity index (χ1n) is 6.10. The fourth-order valence-corrected chi connectivity index (χ4v) is 2.52. The van der Waals surface area contributed by atoms with Crippen molar-refractivity contribution in [1.29, 1.82) is 5.26 Å². The average molecular weight is 270 g/mol. The molecule has 4 heteroatoms.